The quantitative estimate of drug-likeness (QED) is 0.188. The molecule has 12 rings (SSSR count). The number of aryl methyl sites for hydroxylation is 2. The average molecular weight is 853 g/mol. The van der Waals surface area contributed by atoms with E-state index in [2.05, 4.69) is 85.3 Å². The molecule has 4 bridgehead atoms. The van der Waals surface area contributed by atoms with Gasteiger partial charge in [0.15, 0.2) is 11.6 Å². The number of nitrogens with zero attached hydrogens (tertiary/aromatic N) is 15. The standard InChI is InChI=1S/C23H21N9O.C15H16N4.C7H7N5/c1-15-12-16(4-7-24-15)19-2-3-20-22(27-19)32(18-6-10-30(20)14-18)23(33)28-21-13-17(5-8-25-21)31-11-9-26-29-31;1-10-8-11(4-6-16-10)13-2-3-14-15(18-13)17-12-5-7-19(14)9-12;8-7-5-6(1-2-9-7)12-4-3-10-11-12/h2-5,7-9,11-13,18H,6,10,14H2,1H3,(H,25,28,33);2-4,6,8,12H,5,7,9H2,1H3,(H,17,18);1-5H,(H2,8,9)/t18-;12-;/m00./s1. The van der Waals surface area contributed by atoms with E-state index in [0.717, 1.165) is 89.4 Å². The van der Waals surface area contributed by atoms with Crippen LogP contribution in [-0.2, 0) is 0 Å². The Morgan fingerprint density at radius 1 is 0.672 bits per heavy atom. The number of amides is 2. The molecule has 64 heavy (non-hydrogen) atoms. The molecule has 0 aliphatic carbocycles. The molecule has 0 saturated carbocycles. The summed E-state index contributed by atoms with van der Waals surface area (Å²) >= 11 is 0. The zero-order chi connectivity index (χ0) is 43.6. The van der Waals surface area contributed by atoms with Crippen molar-refractivity contribution >= 4 is 40.7 Å². The molecule has 19 nitrogen and oxygen atoms in total. The van der Waals surface area contributed by atoms with Crippen molar-refractivity contribution in [3.63, 3.8) is 0 Å². The Morgan fingerprint density at radius 2 is 1.30 bits per heavy atom. The van der Waals surface area contributed by atoms with E-state index >= 15 is 0 Å². The second-order valence-corrected chi connectivity index (χ2v) is 15.8. The highest BCUT2D eigenvalue weighted by molar-refractivity contribution is 6.04. The number of carbonyl (C=O) groups excluding carboxylic acids is 1. The first-order valence-electron chi connectivity index (χ1n) is 21.0. The van der Waals surface area contributed by atoms with Gasteiger partial charge in [0.25, 0.3) is 0 Å². The predicted octanol–water partition coefficient (Wildman–Crippen LogP) is 5.76. The third-order valence-electron chi connectivity index (χ3n) is 11.4. The lowest BCUT2D eigenvalue weighted by molar-refractivity contribution is 0.254. The Hall–Kier alpha value is -8.35. The molecule has 2 saturated heterocycles. The maximum atomic E-state index is 13.5. The van der Waals surface area contributed by atoms with Gasteiger partial charge < -0.3 is 20.9 Å². The summed E-state index contributed by atoms with van der Waals surface area (Å²) in [7, 11) is 0. The summed E-state index contributed by atoms with van der Waals surface area (Å²) in [5, 5.41) is 21.8. The lowest BCUT2D eigenvalue weighted by atomic mass is 10.1. The molecule has 320 valence electrons. The van der Waals surface area contributed by atoms with Crippen LogP contribution >= 0.6 is 0 Å². The maximum Gasteiger partial charge on any atom is 0.329 e. The number of hydrogen-bond acceptors (Lipinski definition) is 15. The van der Waals surface area contributed by atoms with Crippen LogP contribution < -0.4 is 31.1 Å². The van der Waals surface area contributed by atoms with Crippen LogP contribution in [0.5, 0.6) is 0 Å². The van der Waals surface area contributed by atoms with Crippen molar-refractivity contribution in [3.8, 4) is 33.9 Å². The molecule has 2 amide bonds. The minimum atomic E-state index is -0.249. The predicted molar refractivity (Wildman–Crippen MR) is 243 cm³/mol. The molecule has 8 aromatic rings. The van der Waals surface area contributed by atoms with Gasteiger partial charge in [0.2, 0.25) is 0 Å². The molecule has 19 heteroatoms. The van der Waals surface area contributed by atoms with Crippen LogP contribution in [0.2, 0.25) is 0 Å². The van der Waals surface area contributed by atoms with Gasteiger partial charge >= 0.3 is 6.03 Å². The van der Waals surface area contributed by atoms with Crippen LogP contribution in [0.15, 0.2) is 122 Å². The number of rotatable bonds is 5. The first-order valence-corrected chi connectivity index (χ1v) is 21.0. The van der Waals surface area contributed by atoms with Crippen molar-refractivity contribution in [2.45, 2.75) is 38.8 Å². The van der Waals surface area contributed by atoms with Gasteiger partial charge in [-0.2, -0.15) is 0 Å². The summed E-state index contributed by atoms with van der Waals surface area (Å²) in [6.45, 7) is 7.90. The summed E-state index contributed by atoms with van der Waals surface area (Å²) in [5.41, 5.74) is 15.2. The van der Waals surface area contributed by atoms with Gasteiger partial charge in [0.1, 0.15) is 11.6 Å². The van der Waals surface area contributed by atoms with E-state index < -0.39 is 0 Å². The van der Waals surface area contributed by atoms with Crippen LogP contribution in [0.4, 0.5) is 39.4 Å². The number of urea groups is 1. The van der Waals surface area contributed by atoms with Gasteiger partial charge in [-0.25, -0.2) is 34.1 Å². The van der Waals surface area contributed by atoms with Crippen LogP contribution in [0.25, 0.3) is 33.9 Å². The SMILES string of the molecule is Cc1cc(-c2ccc3c(n2)N(C(=O)Nc2cc(-n4ccnn4)ccn2)[C@H]2CCN3C2)ccn1.Cc1cc(-c2ccc3c(n2)N[C@H]2CCN3C2)ccn1.Nc1cc(-n2ccnn2)ccn1. The van der Waals surface area contributed by atoms with Crippen molar-refractivity contribution < 1.29 is 4.79 Å². The first kappa shape index (κ1) is 39.8. The number of nitrogens with one attached hydrogen (secondary N) is 2. The molecule has 0 radical (unpaired) electrons. The summed E-state index contributed by atoms with van der Waals surface area (Å²) < 4.78 is 3.24. The Balaban J connectivity index is 0.000000130. The first-order chi connectivity index (χ1) is 31.3. The fourth-order valence-electron chi connectivity index (χ4n) is 8.38. The number of nitrogens with two attached hydrogens (primary N) is 1. The normalized spacial score (nSPS) is 16.4. The highest BCUT2D eigenvalue weighted by atomic mass is 16.2. The number of hydrogen-bond donors (Lipinski definition) is 3. The monoisotopic (exact) mass is 852 g/mol. The van der Waals surface area contributed by atoms with Crippen molar-refractivity contribution in [1.29, 1.82) is 0 Å². The van der Waals surface area contributed by atoms with Crippen molar-refractivity contribution in [2.24, 2.45) is 0 Å². The van der Waals surface area contributed by atoms with E-state index in [-0.39, 0.29) is 12.1 Å². The fraction of sp³-hybridized carbons (Fsp3) is 0.222. The van der Waals surface area contributed by atoms with E-state index in [4.69, 9.17) is 15.7 Å². The molecule has 4 aliphatic rings. The summed E-state index contributed by atoms with van der Waals surface area (Å²) in [6, 6.07) is 23.8. The summed E-state index contributed by atoms with van der Waals surface area (Å²) in [6.07, 6.45) is 15.7. The third-order valence-corrected chi connectivity index (χ3v) is 11.4. The second kappa shape index (κ2) is 17.2. The minimum absolute atomic E-state index is 0.0536. The smallest absolute Gasteiger partial charge is 0.329 e. The van der Waals surface area contributed by atoms with E-state index in [1.165, 1.54) is 12.1 Å². The zero-order valence-electron chi connectivity index (χ0n) is 35.1. The Bertz CT molecular complexity index is 2920. The highest BCUT2D eigenvalue weighted by Crippen LogP contribution is 2.41. The number of pyridine rings is 6. The molecule has 0 spiro atoms. The average Bonchev–Trinajstić information content (AvgIpc) is 4.17. The fourth-order valence-corrected chi connectivity index (χ4v) is 8.38. The Labute approximate surface area is 368 Å². The molecular weight excluding hydrogens is 809 g/mol. The van der Waals surface area contributed by atoms with Gasteiger partial charge in [-0.05, 0) is 87.4 Å². The van der Waals surface area contributed by atoms with Crippen molar-refractivity contribution in [2.75, 3.05) is 57.2 Å². The van der Waals surface area contributed by atoms with E-state index in [0.29, 0.717) is 23.5 Å². The van der Waals surface area contributed by atoms with Crippen LogP contribution in [0.1, 0.15) is 24.2 Å². The molecule has 8 aromatic heterocycles. The number of anilines is 6. The minimum Gasteiger partial charge on any atom is -0.384 e. The van der Waals surface area contributed by atoms with Crippen LogP contribution in [0, 0.1) is 13.8 Å². The topological polar surface area (TPSA) is 216 Å². The van der Waals surface area contributed by atoms with Gasteiger partial charge in [-0.3, -0.25) is 20.2 Å². The molecule has 12 heterocycles. The van der Waals surface area contributed by atoms with Crippen LogP contribution in [-0.4, -0.2) is 104 Å². The molecular formula is C45H44N18O. The molecule has 0 aromatic carbocycles. The van der Waals surface area contributed by atoms with Crippen molar-refractivity contribution in [3.05, 3.63) is 134 Å². The summed E-state index contributed by atoms with van der Waals surface area (Å²) in [4.78, 5) is 46.4. The van der Waals surface area contributed by atoms with Gasteiger partial charge in [0.05, 0.1) is 65.0 Å². The molecule has 2 fully saturated rings. The molecule has 4 N–H and O–H groups in total. The number of carbonyl (C=O) groups is 1. The van der Waals surface area contributed by atoms with Gasteiger partial charge in [-0.1, -0.05) is 10.4 Å². The second-order valence-electron chi connectivity index (χ2n) is 15.8. The van der Waals surface area contributed by atoms with Crippen molar-refractivity contribution in [1.82, 2.24) is 59.9 Å². The molecule has 2 atom stereocenters. The zero-order valence-corrected chi connectivity index (χ0v) is 35.1. The largest absolute Gasteiger partial charge is 0.384 e. The lowest BCUT2D eigenvalue weighted by Gasteiger charge is -2.35. The van der Waals surface area contributed by atoms with E-state index in [9.17, 15) is 4.79 Å². The van der Waals surface area contributed by atoms with Gasteiger partial charge in [-0.15, -0.1) is 10.2 Å². The number of fused-ring (bicyclic) bond motifs is 8. The third kappa shape index (κ3) is 8.33. The summed E-state index contributed by atoms with van der Waals surface area (Å²) in [5.74, 6) is 2.61. The van der Waals surface area contributed by atoms with E-state index in [1.807, 2.05) is 50.4 Å². The number of nitrogen functional groups attached to an aromatic ring is 1. The Morgan fingerprint density at radius 3 is 1.97 bits per heavy atom. The Kier molecular flexibility index (Phi) is 10.7. The van der Waals surface area contributed by atoms with Gasteiger partial charge in [0, 0.05) is 91.7 Å². The lowest BCUT2D eigenvalue weighted by Crippen LogP contribution is -2.48. The molecule has 0 unspecified atom stereocenters. The van der Waals surface area contributed by atoms with E-state index in [1.54, 1.807) is 75.8 Å². The van der Waals surface area contributed by atoms with Crippen LogP contribution in [0.3, 0.4) is 0 Å². The maximum absolute atomic E-state index is 13.5. The number of aromatic nitrogens is 12. The highest BCUT2D eigenvalue weighted by Gasteiger charge is 2.40. The molecule has 4 aliphatic heterocycles.